The van der Waals surface area contributed by atoms with Crippen LogP contribution < -0.4 is 0 Å². The summed E-state index contributed by atoms with van der Waals surface area (Å²) in [6.07, 6.45) is -21.7. The van der Waals surface area contributed by atoms with E-state index < -0.39 is 101 Å². The summed E-state index contributed by atoms with van der Waals surface area (Å²) in [5, 5.41) is 88.5. The minimum Gasteiger partial charge on any atom is -0.394 e. The van der Waals surface area contributed by atoms with Gasteiger partial charge in [0.1, 0.15) is 67.1 Å². The highest BCUT2D eigenvalue weighted by Gasteiger charge is 2.53. The standard InChI is InChI=1S/C15H29O16P/c16-1-4(19)12(31-32(25,26)27)14-10(23)9(22)13(6(3-18)28-14)30-15-11(24)8(21)7(20)5(2-17)29-15/h4-24H,1-3H2,(H2,25,26,27)/t4?,5-,6-,7+,8+,9-,10-,11-,12?,13-,14?,15+/m1/s1. The second-order valence-electron chi connectivity index (χ2n) is 7.41. The van der Waals surface area contributed by atoms with E-state index >= 15 is 0 Å². The quantitative estimate of drug-likeness (QED) is 0.132. The maximum Gasteiger partial charge on any atom is 0.470 e. The monoisotopic (exact) mass is 496 g/mol. The largest absolute Gasteiger partial charge is 0.470 e. The molecule has 190 valence electrons. The van der Waals surface area contributed by atoms with Crippen molar-refractivity contribution in [2.45, 2.75) is 73.4 Å². The van der Waals surface area contributed by atoms with E-state index in [1.165, 1.54) is 0 Å². The van der Waals surface area contributed by atoms with E-state index in [1.807, 2.05) is 0 Å². The molecule has 2 aliphatic heterocycles. The third-order valence-corrected chi connectivity index (χ3v) is 5.71. The van der Waals surface area contributed by atoms with Crippen molar-refractivity contribution in [3.63, 3.8) is 0 Å². The molecule has 3 unspecified atom stereocenters. The molecule has 2 fully saturated rings. The summed E-state index contributed by atoms with van der Waals surface area (Å²) in [5.74, 6) is 0. The first-order valence-corrected chi connectivity index (χ1v) is 11.0. The molecule has 0 aliphatic carbocycles. The van der Waals surface area contributed by atoms with Crippen LogP contribution in [0.2, 0.25) is 0 Å². The van der Waals surface area contributed by atoms with Gasteiger partial charge in [0.25, 0.3) is 0 Å². The number of ether oxygens (including phenoxy) is 3. The van der Waals surface area contributed by atoms with Crippen LogP contribution >= 0.6 is 7.82 Å². The molecule has 0 radical (unpaired) electrons. The topological polar surface area (TPSA) is 277 Å². The molecule has 0 aromatic heterocycles. The van der Waals surface area contributed by atoms with Crippen molar-refractivity contribution >= 4 is 7.82 Å². The van der Waals surface area contributed by atoms with E-state index in [0.717, 1.165) is 0 Å². The van der Waals surface area contributed by atoms with Crippen molar-refractivity contribution in [1.82, 2.24) is 0 Å². The molecule has 2 aliphatic rings. The van der Waals surface area contributed by atoms with Crippen molar-refractivity contribution < 1.29 is 79.0 Å². The highest BCUT2D eigenvalue weighted by molar-refractivity contribution is 7.46. The molecule has 0 spiro atoms. The summed E-state index contributed by atoms with van der Waals surface area (Å²) < 4.78 is 31.4. The molecule has 2 heterocycles. The predicted octanol–water partition coefficient (Wildman–Crippen LogP) is -6.52. The number of hydrogen-bond acceptors (Lipinski definition) is 14. The molecule has 2 saturated heterocycles. The smallest absolute Gasteiger partial charge is 0.394 e. The van der Waals surface area contributed by atoms with E-state index in [4.69, 9.17) is 29.1 Å². The van der Waals surface area contributed by atoms with Gasteiger partial charge in [0.2, 0.25) is 0 Å². The van der Waals surface area contributed by atoms with Gasteiger partial charge in [-0.15, -0.1) is 0 Å². The zero-order valence-corrected chi connectivity index (χ0v) is 17.4. The number of aliphatic hydroxyl groups is 9. The van der Waals surface area contributed by atoms with Gasteiger partial charge < -0.3 is 70.0 Å². The third-order valence-electron chi connectivity index (χ3n) is 5.19. The Morgan fingerprint density at radius 1 is 0.812 bits per heavy atom. The van der Waals surface area contributed by atoms with Gasteiger partial charge in [0.15, 0.2) is 6.29 Å². The lowest BCUT2D eigenvalue weighted by Gasteiger charge is -2.47. The molecule has 0 saturated carbocycles. The van der Waals surface area contributed by atoms with Gasteiger partial charge in [-0.2, -0.15) is 0 Å². The van der Waals surface area contributed by atoms with Crippen LogP contribution in [0, 0.1) is 0 Å². The molecule has 17 heteroatoms. The first-order valence-electron chi connectivity index (χ1n) is 9.47. The van der Waals surface area contributed by atoms with Crippen LogP contribution in [0.25, 0.3) is 0 Å². The van der Waals surface area contributed by atoms with E-state index in [0.29, 0.717) is 0 Å². The molecule has 32 heavy (non-hydrogen) atoms. The zero-order valence-electron chi connectivity index (χ0n) is 16.5. The Bertz CT molecular complexity index is 629. The average Bonchev–Trinajstić information content (AvgIpc) is 2.74. The van der Waals surface area contributed by atoms with Crippen LogP contribution in [0.1, 0.15) is 0 Å². The van der Waals surface area contributed by atoms with Gasteiger partial charge in [-0.25, -0.2) is 4.57 Å². The fourth-order valence-electron chi connectivity index (χ4n) is 3.50. The average molecular weight is 496 g/mol. The van der Waals surface area contributed by atoms with E-state index in [1.54, 1.807) is 0 Å². The molecule has 0 bridgehead atoms. The van der Waals surface area contributed by atoms with Gasteiger partial charge >= 0.3 is 7.82 Å². The SMILES string of the molecule is O=P(O)(O)OC(C(O)CO)C1O[C@H](CO)[C@@H](O[C@@H]2O[C@H](CO)[C@H](O)[C@H](O)[C@H]2O)[C@H](O)[C@H]1O. The van der Waals surface area contributed by atoms with E-state index in [2.05, 4.69) is 4.52 Å². The Balaban J connectivity index is 2.23. The molecule has 2 rings (SSSR count). The summed E-state index contributed by atoms with van der Waals surface area (Å²) in [4.78, 5) is 18.1. The lowest BCUT2D eigenvalue weighted by molar-refractivity contribution is -0.346. The predicted molar refractivity (Wildman–Crippen MR) is 96.4 cm³/mol. The van der Waals surface area contributed by atoms with Gasteiger partial charge in [0, 0.05) is 0 Å². The molecule has 0 aromatic rings. The van der Waals surface area contributed by atoms with Crippen LogP contribution in [0.15, 0.2) is 0 Å². The van der Waals surface area contributed by atoms with Gasteiger partial charge in [-0.3, -0.25) is 4.52 Å². The number of aliphatic hydroxyl groups excluding tert-OH is 9. The zero-order chi connectivity index (χ0) is 24.4. The molecular formula is C15H29O16P. The number of phosphoric ester groups is 1. The second-order valence-corrected chi connectivity index (χ2v) is 8.60. The van der Waals surface area contributed by atoms with Crippen molar-refractivity contribution in [3.05, 3.63) is 0 Å². The second kappa shape index (κ2) is 11.4. The van der Waals surface area contributed by atoms with Gasteiger partial charge in [-0.05, 0) is 0 Å². The highest BCUT2D eigenvalue weighted by atomic mass is 31.2. The first-order chi connectivity index (χ1) is 14.9. The summed E-state index contributed by atoms with van der Waals surface area (Å²) in [6.45, 7) is -2.76. The number of hydrogen-bond donors (Lipinski definition) is 11. The minimum absolute atomic E-state index is 0.775. The van der Waals surface area contributed by atoms with Gasteiger partial charge in [-0.1, -0.05) is 0 Å². The van der Waals surface area contributed by atoms with Crippen LogP contribution in [0.4, 0.5) is 0 Å². The molecule has 12 atom stereocenters. The summed E-state index contributed by atoms with van der Waals surface area (Å²) in [7, 11) is -5.27. The fourth-order valence-corrected chi connectivity index (χ4v) is 4.08. The summed E-state index contributed by atoms with van der Waals surface area (Å²) >= 11 is 0. The highest BCUT2D eigenvalue weighted by Crippen LogP contribution is 2.41. The molecule has 11 N–H and O–H groups in total. The van der Waals surface area contributed by atoms with E-state index in [-0.39, 0.29) is 0 Å². The third kappa shape index (κ3) is 6.19. The number of rotatable bonds is 9. The lowest BCUT2D eigenvalue weighted by atomic mass is 9.90. The van der Waals surface area contributed by atoms with Crippen LogP contribution in [-0.4, -0.2) is 149 Å². The van der Waals surface area contributed by atoms with Gasteiger partial charge in [0.05, 0.1) is 19.8 Å². The van der Waals surface area contributed by atoms with E-state index in [9.17, 15) is 45.4 Å². The number of phosphoric acid groups is 1. The van der Waals surface area contributed by atoms with Crippen molar-refractivity contribution in [2.75, 3.05) is 19.8 Å². The van der Waals surface area contributed by atoms with Crippen LogP contribution in [0.5, 0.6) is 0 Å². The Morgan fingerprint density at radius 2 is 1.41 bits per heavy atom. The molecular weight excluding hydrogens is 467 g/mol. The summed E-state index contributed by atoms with van der Waals surface area (Å²) in [6, 6.07) is 0. The Hall–Kier alpha value is -0.370. The normalized spacial score (nSPS) is 43.1. The maximum atomic E-state index is 11.2. The lowest BCUT2D eigenvalue weighted by Crippen LogP contribution is -2.66. The first kappa shape index (κ1) is 27.9. The maximum absolute atomic E-state index is 11.2. The molecule has 16 nitrogen and oxygen atoms in total. The molecule has 0 amide bonds. The van der Waals surface area contributed by atoms with Crippen molar-refractivity contribution in [1.29, 1.82) is 0 Å². The minimum atomic E-state index is -5.27. The Morgan fingerprint density at radius 3 is 1.91 bits per heavy atom. The fraction of sp³-hybridized carbons (Fsp3) is 1.00. The van der Waals surface area contributed by atoms with Crippen molar-refractivity contribution in [3.8, 4) is 0 Å². The van der Waals surface area contributed by atoms with Crippen LogP contribution in [-0.2, 0) is 23.3 Å². The Kier molecular flexibility index (Phi) is 9.90. The van der Waals surface area contributed by atoms with Crippen LogP contribution in [0.3, 0.4) is 0 Å². The molecule has 0 aromatic carbocycles. The Labute approximate surface area is 181 Å². The summed E-state index contributed by atoms with van der Waals surface area (Å²) in [5.41, 5.74) is 0. The van der Waals surface area contributed by atoms with Crippen molar-refractivity contribution in [2.24, 2.45) is 0 Å².